The number of anilines is 3. The summed E-state index contributed by atoms with van der Waals surface area (Å²) in [6.07, 6.45) is 0. The van der Waals surface area contributed by atoms with Gasteiger partial charge in [-0.05, 0) is 105 Å². The number of rotatable bonds is 7. The van der Waals surface area contributed by atoms with Gasteiger partial charge in [-0.15, -0.1) is 0 Å². The molecule has 0 spiro atoms. The van der Waals surface area contributed by atoms with Gasteiger partial charge in [0.15, 0.2) is 0 Å². The summed E-state index contributed by atoms with van der Waals surface area (Å²) in [5, 5.41) is 7.44. The SMILES string of the molecule is c1cc(-c2ccc(N(c3cccc(-c4ccc5ccccc5c4)c3)c3cccc4ccccc34)cc2)cc(-c2ccccc2-n2c3ccccc3c3ccccc32)c1. The van der Waals surface area contributed by atoms with E-state index in [4.69, 9.17) is 0 Å². The smallest absolute Gasteiger partial charge is 0.0541 e. The maximum Gasteiger partial charge on any atom is 0.0541 e. The third kappa shape index (κ3) is 5.82. The van der Waals surface area contributed by atoms with Crippen molar-refractivity contribution in [3.8, 4) is 39.1 Å². The molecule has 0 atom stereocenters. The molecule has 0 unspecified atom stereocenters. The van der Waals surface area contributed by atoms with Crippen LogP contribution in [-0.4, -0.2) is 4.57 Å². The molecular weight excluding hydrogens is 701 g/mol. The van der Waals surface area contributed by atoms with Gasteiger partial charge in [0.05, 0.1) is 22.4 Å². The summed E-state index contributed by atoms with van der Waals surface area (Å²) in [6, 6.07) is 83.7. The Bertz CT molecular complexity index is 3240. The Morgan fingerprint density at radius 3 is 1.64 bits per heavy atom. The summed E-state index contributed by atoms with van der Waals surface area (Å²) in [5.41, 5.74) is 14.1. The highest BCUT2D eigenvalue weighted by atomic mass is 15.1. The summed E-state index contributed by atoms with van der Waals surface area (Å²) in [4.78, 5) is 2.40. The highest BCUT2D eigenvalue weighted by Gasteiger charge is 2.18. The Labute approximate surface area is 338 Å². The lowest BCUT2D eigenvalue weighted by atomic mass is 9.97. The van der Waals surface area contributed by atoms with E-state index in [1.807, 2.05) is 0 Å². The lowest BCUT2D eigenvalue weighted by Crippen LogP contribution is -2.10. The predicted molar refractivity (Wildman–Crippen MR) is 247 cm³/mol. The molecule has 0 radical (unpaired) electrons. The van der Waals surface area contributed by atoms with Crippen LogP contribution >= 0.6 is 0 Å². The van der Waals surface area contributed by atoms with Gasteiger partial charge in [0, 0.05) is 33.1 Å². The normalized spacial score (nSPS) is 11.4. The second kappa shape index (κ2) is 14.1. The molecular formula is C56H38N2. The van der Waals surface area contributed by atoms with Gasteiger partial charge in [-0.1, -0.05) is 170 Å². The van der Waals surface area contributed by atoms with Gasteiger partial charge >= 0.3 is 0 Å². The number of aromatic nitrogens is 1. The number of hydrogen-bond donors (Lipinski definition) is 0. The van der Waals surface area contributed by atoms with Crippen LogP contribution in [0, 0.1) is 0 Å². The van der Waals surface area contributed by atoms with E-state index in [1.54, 1.807) is 0 Å². The first kappa shape index (κ1) is 33.6. The molecule has 1 heterocycles. The standard InChI is InChI=1S/C56H38N2/c1-2-16-42-36-45(31-30-39(42)14-1)44-19-12-21-48(38-44)57(53-29-13-17-41-15-3-4-22-49(41)53)47-34-32-40(33-35-47)43-18-11-20-46(37-43)50-23-5-8-26-54(50)58-55-27-9-6-24-51(55)52-25-7-10-28-56(52)58/h1-38H. The number of fused-ring (bicyclic) bond motifs is 5. The minimum absolute atomic E-state index is 1.10. The van der Waals surface area contributed by atoms with Crippen molar-refractivity contribution in [1.29, 1.82) is 0 Å². The molecule has 0 amide bonds. The van der Waals surface area contributed by atoms with E-state index in [2.05, 4.69) is 240 Å². The largest absolute Gasteiger partial charge is 0.310 e. The Hall–Kier alpha value is -7.68. The minimum Gasteiger partial charge on any atom is -0.310 e. The molecule has 1 aromatic heterocycles. The molecule has 0 aliphatic carbocycles. The van der Waals surface area contributed by atoms with E-state index >= 15 is 0 Å². The number of nitrogens with zero attached hydrogens (tertiary/aromatic N) is 2. The lowest BCUT2D eigenvalue weighted by Gasteiger charge is -2.27. The van der Waals surface area contributed by atoms with Crippen LogP contribution < -0.4 is 4.90 Å². The average molecular weight is 739 g/mol. The van der Waals surface area contributed by atoms with Gasteiger partial charge in [0.25, 0.3) is 0 Å². The van der Waals surface area contributed by atoms with Gasteiger partial charge < -0.3 is 9.47 Å². The zero-order valence-corrected chi connectivity index (χ0v) is 31.8. The van der Waals surface area contributed by atoms with E-state index < -0.39 is 0 Å². The molecule has 58 heavy (non-hydrogen) atoms. The van der Waals surface area contributed by atoms with Crippen LogP contribution in [0.1, 0.15) is 0 Å². The molecule has 0 bridgehead atoms. The van der Waals surface area contributed by atoms with Gasteiger partial charge in [0.1, 0.15) is 0 Å². The van der Waals surface area contributed by atoms with Crippen LogP contribution in [0.3, 0.4) is 0 Å². The maximum atomic E-state index is 2.42. The van der Waals surface area contributed by atoms with E-state index in [1.165, 1.54) is 82.4 Å². The third-order valence-electron chi connectivity index (χ3n) is 11.6. The van der Waals surface area contributed by atoms with Crippen LogP contribution in [0.25, 0.3) is 82.4 Å². The van der Waals surface area contributed by atoms with Crippen molar-refractivity contribution in [2.45, 2.75) is 0 Å². The van der Waals surface area contributed by atoms with E-state index in [-0.39, 0.29) is 0 Å². The van der Waals surface area contributed by atoms with Gasteiger partial charge in [-0.2, -0.15) is 0 Å². The van der Waals surface area contributed by atoms with Crippen LogP contribution in [0.5, 0.6) is 0 Å². The first-order chi connectivity index (χ1) is 28.8. The van der Waals surface area contributed by atoms with Crippen molar-refractivity contribution in [3.05, 3.63) is 231 Å². The molecule has 0 fully saturated rings. The summed E-state index contributed by atoms with van der Waals surface area (Å²) in [6.45, 7) is 0. The molecule has 0 aliphatic heterocycles. The quantitative estimate of drug-likeness (QED) is 0.158. The van der Waals surface area contributed by atoms with Crippen molar-refractivity contribution in [2.75, 3.05) is 4.90 Å². The summed E-state index contributed by atoms with van der Waals surface area (Å²) < 4.78 is 2.42. The maximum absolute atomic E-state index is 2.42. The highest BCUT2D eigenvalue weighted by molar-refractivity contribution is 6.10. The minimum atomic E-state index is 1.10. The molecule has 11 aromatic rings. The third-order valence-corrected chi connectivity index (χ3v) is 11.6. The molecule has 11 rings (SSSR count). The Kier molecular flexibility index (Phi) is 8.19. The highest BCUT2D eigenvalue weighted by Crippen LogP contribution is 2.42. The van der Waals surface area contributed by atoms with E-state index in [0.717, 1.165) is 17.1 Å². The Morgan fingerprint density at radius 1 is 0.293 bits per heavy atom. The first-order valence-corrected chi connectivity index (χ1v) is 19.9. The van der Waals surface area contributed by atoms with Crippen LogP contribution in [-0.2, 0) is 0 Å². The lowest BCUT2D eigenvalue weighted by molar-refractivity contribution is 1.18. The molecule has 0 saturated carbocycles. The molecule has 10 aromatic carbocycles. The van der Waals surface area contributed by atoms with Crippen molar-refractivity contribution >= 4 is 60.4 Å². The van der Waals surface area contributed by atoms with Crippen molar-refractivity contribution in [2.24, 2.45) is 0 Å². The number of benzene rings is 10. The van der Waals surface area contributed by atoms with Gasteiger partial charge in [0.2, 0.25) is 0 Å². The second-order valence-corrected chi connectivity index (χ2v) is 15.0. The van der Waals surface area contributed by atoms with Crippen LogP contribution in [0.15, 0.2) is 231 Å². The van der Waals surface area contributed by atoms with Crippen molar-refractivity contribution in [1.82, 2.24) is 4.57 Å². The molecule has 0 N–H and O–H groups in total. The fourth-order valence-electron chi connectivity index (χ4n) is 8.79. The van der Waals surface area contributed by atoms with Crippen LogP contribution in [0.2, 0.25) is 0 Å². The molecule has 0 aliphatic rings. The zero-order valence-electron chi connectivity index (χ0n) is 31.8. The second-order valence-electron chi connectivity index (χ2n) is 15.0. The topological polar surface area (TPSA) is 8.17 Å². The van der Waals surface area contributed by atoms with Gasteiger partial charge in [-0.3, -0.25) is 0 Å². The predicted octanol–water partition coefficient (Wildman–Crippen LogP) is 15.6. The fraction of sp³-hybridized carbons (Fsp3) is 0. The van der Waals surface area contributed by atoms with E-state index in [0.29, 0.717) is 0 Å². The first-order valence-electron chi connectivity index (χ1n) is 19.9. The van der Waals surface area contributed by atoms with E-state index in [9.17, 15) is 0 Å². The monoisotopic (exact) mass is 738 g/mol. The van der Waals surface area contributed by atoms with Crippen molar-refractivity contribution in [3.63, 3.8) is 0 Å². The Balaban J connectivity index is 0.997. The van der Waals surface area contributed by atoms with Crippen molar-refractivity contribution < 1.29 is 0 Å². The Morgan fingerprint density at radius 2 is 0.845 bits per heavy atom. The number of hydrogen-bond acceptors (Lipinski definition) is 1. The molecule has 0 saturated heterocycles. The van der Waals surface area contributed by atoms with Gasteiger partial charge in [-0.25, -0.2) is 0 Å². The number of para-hydroxylation sites is 3. The summed E-state index contributed by atoms with van der Waals surface area (Å²) >= 11 is 0. The fourth-order valence-corrected chi connectivity index (χ4v) is 8.79. The molecule has 2 heteroatoms. The molecule has 272 valence electrons. The molecule has 2 nitrogen and oxygen atoms in total. The summed E-state index contributed by atoms with van der Waals surface area (Å²) in [5.74, 6) is 0. The average Bonchev–Trinajstić information content (AvgIpc) is 3.64. The summed E-state index contributed by atoms with van der Waals surface area (Å²) in [7, 11) is 0. The van der Waals surface area contributed by atoms with Crippen LogP contribution in [0.4, 0.5) is 17.1 Å². The zero-order chi connectivity index (χ0) is 38.4.